The van der Waals surface area contributed by atoms with Gasteiger partial charge < -0.3 is 15.4 Å². The van der Waals surface area contributed by atoms with Crippen molar-refractivity contribution in [3.8, 4) is 5.75 Å². The molecule has 142 valence electrons. The first-order valence-corrected chi connectivity index (χ1v) is 8.95. The highest BCUT2D eigenvalue weighted by molar-refractivity contribution is 6.06. The maximum atomic E-state index is 12.6. The quantitative estimate of drug-likeness (QED) is 0.673. The minimum absolute atomic E-state index is 0.142. The molecule has 6 heteroatoms. The number of aromatic nitrogens is 1. The highest BCUT2D eigenvalue weighted by Gasteiger charge is 2.14. The number of para-hydroxylation sites is 2. The van der Waals surface area contributed by atoms with Crippen LogP contribution in [0.25, 0.3) is 0 Å². The van der Waals surface area contributed by atoms with E-state index in [1.165, 1.54) is 0 Å². The summed E-state index contributed by atoms with van der Waals surface area (Å²) in [5.74, 6) is -0.223. The lowest BCUT2D eigenvalue weighted by Gasteiger charge is -2.11. The van der Waals surface area contributed by atoms with Gasteiger partial charge in [0.15, 0.2) is 0 Å². The van der Waals surface area contributed by atoms with E-state index in [1.807, 2.05) is 38.1 Å². The van der Waals surface area contributed by atoms with Gasteiger partial charge in [-0.1, -0.05) is 30.3 Å². The second-order valence-corrected chi connectivity index (χ2v) is 6.11. The van der Waals surface area contributed by atoms with E-state index in [0.717, 1.165) is 5.56 Å². The number of hydrogen-bond acceptors (Lipinski definition) is 4. The zero-order valence-corrected chi connectivity index (χ0v) is 15.7. The summed E-state index contributed by atoms with van der Waals surface area (Å²) in [4.78, 5) is 29.3. The third-order valence-electron chi connectivity index (χ3n) is 3.93. The second kappa shape index (κ2) is 8.81. The molecule has 0 saturated heterocycles. The lowest BCUT2D eigenvalue weighted by Crippen LogP contribution is -2.18. The summed E-state index contributed by atoms with van der Waals surface area (Å²) in [5, 5.41) is 5.56. The largest absolute Gasteiger partial charge is 0.492 e. The first-order valence-electron chi connectivity index (χ1n) is 8.95. The van der Waals surface area contributed by atoms with E-state index in [-0.39, 0.29) is 17.3 Å². The third kappa shape index (κ3) is 4.73. The number of carbonyl (C=O) groups excluding carboxylic acids is 2. The van der Waals surface area contributed by atoms with Gasteiger partial charge in [-0.2, -0.15) is 0 Å². The molecule has 0 spiro atoms. The average Bonchev–Trinajstić information content (AvgIpc) is 2.70. The zero-order chi connectivity index (χ0) is 19.9. The van der Waals surface area contributed by atoms with Crippen LogP contribution in [-0.4, -0.2) is 23.4 Å². The number of benzene rings is 2. The highest BCUT2D eigenvalue weighted by Crippen LogP contribution is 2.24. The molecular formula is C22H21N3O3. The molecule has 2 amide bonds. The number of carbonyl (C=O) groups is 2. The standard InChI is InChI=1S/C22H21N3O3/c1-3-28-20-13-5-4-10-17(20)25-22(27)19-12-7-11-18(24-19)21(26)23-16-9-6-8-15(2)14-16/h4-14H,3H2,1-2H3,(H,23,26)(H,25,27). The molecule has 0 aliphatic rings. The van der Waals surface area contributed by atoms with Crippen LogP contribution < -0.4 is 15.4 Å². The Labute approximate surface area is 163 Å². The number of ether oxygens (including phenoxy) is 1. The van der Waals surface area contributed by atoms with Crippen molar-refractivity contribution in [1.82, 2.24) is 4.98 Å². The molecule has 3 aromatic rings. The molecule has 0 bridgehead atoms. The molecule has 2 aromatic carbocycles. The number of hydrogen-bond donors (Lipinski definition) is 2. The first kappa shape index (κ1) is 19.1. The molecule has 2 N–H and O–H groups in total. The molecule has 6 nitrogen and oxygen atoms in total. The molecule has 0 radical (unpaired) electrons. The Hall–Kier alpha value is -3.67. The van der Waals surface area contributed by atoms with Crippen molar-refractivity contribution in [3.63, 3.8) is 0 Å². The summed E-state index contributed by atoms with van der Waals surface area (Å²) in [5.41, 5.74) is 2.56. The molecular weight excluding hydrogens is 354 g/mol. The SMILES string of the molecule is CCOc1ccccc1NC(=O)c1cccc(C(=O)Nc2cccc(C)c2)n1. The van der Waals surface area contributed by atoms with Gasteiger partial charge in [-0.3, -0.25) is 9.59 Å². The predicted octanol–water partition coefficient (Wildman–Crippen LogP) is 4.29. The van der Waals surface area contributed by atoms with Gasteiger partial charge in [0, 0.05) is 5.69 Å². The molecule has 0 atom stereocenters. The third-order valence-corrected chi connectivity index (χ3v) is 3.93. The molecule has 0 saturated carbocycles. The maximum Gasteiger partial charge on any atom is 0.274 e. The zero-order valence-electron chi connectivity index (χ0n) is 15.7. The number of anilines is 2. The second-order valence-electron chi connectivity index (χ2n) is 6.11. The number of nitrogens with zero attached hydrogens (tertiary/aromatic N) is 1. The molecule has 1 aromatic heterocycles. The Morgan fingerprint density at radius 2 is 1.57 bits per heavy atom. The smallest absolute Gasteiger partial charge is 0.274 e. The van der Waals surface area contributed by atoms with Crippen LogP contribution in [0.5, 0.6) is 5.75 Å². The van der Waals surface area contributed by atoms with E-state index in [9.17, 15) is 9.59 Å². The van der Waals surface area contributed by atoms with Crippen molar-refractivity contribution >= 4 is 23.2 Å². The molecule has 28 heavy (non-hydrogen) atoms. The number of amides is 2. The van der Waals surface area contributed by atoms with Crippen LogP contribution in [0.2, 0.25) is 0 Å². The molecule has 0 fully saturated rings. The Balaban J connectivity index is 1.75. The molecule has 0 aliphatic heterocycles. The lowest BCUT2D eigenvalue weighted by atomic mass is 10.2. The van der Waals surface area contributed by atoms with E-state index in [2.05, 4.69) is 15.6 Å². The van der Waals surface area contributed by atoms with E-state index >= 15 is 0 Å². The van der Waals surface area contributed by atoms with Crippen molar-refractivity contribution in [3.05, 3.63) is 83.7 Å². The fraction of sp³-hybridized carbons (Fsp3) is 0.136. The predicted molar refractivity (Wildman–Crippen MR) is 109 cm³/mol. The Morgan fingerprint density at radius 1 is 0.893 bits per heavy atom. The summed E-state index contributed by atoms with van der Waals surface area (Å²) in [6.45, 7) is 4.30. The molecule has 0 unspecified atom stereocenters. The molecule has 1 heterocycles. The van der Waals surface area contributed by atoms with Crippen LogP contribution in [0, 0.1) is 6.92 Å². The van der Waals surface area contributed by atoms with Gasteiger partial charge in [0.1, 0.15) is 17.1 Å². The summed E-state index contributed by atoms with van der Waals surface area (Å²) < 4.78 is 5.51. The maximum absolute atomic E-state index is 12.6. The monoisotopic (exact) mass is 375 g/mol. The van der Waals surface area contributed by atoms with Crippen molar-refractivity contribution in [1.29, 1.82) is 0 Å². The van der Waals surface area contributed by atoms with Crippen molar-refractivity contribution in [2.75, 3.05) is 17.2 Å². The van der Waals surface area contributed by atoms with E-state index in [4.69, 9.17) is 4.74 Å². The van der Waals surface area contributed by atoms with Gasteiger partial charge in [-0.25, -0.2) is 4.98 Å². The summed E-state index contributed by atoms with van der Waals surface area (Å²) in [7, 11) is 0. The van der Waals surface area contributed by atoms with Gasteiger partial charge >= 0.3 is 0 Å². The normalized spacial score (nSPS) is 10.2. The number of pyridine rings is 1. The average molecular weight is 375 g/mol. The van der Waals surface area contributed by atoms with Crippen LogP contribution in [0.3, 0.4) is 0 Å². The van der Waals surface area contributed by atoms with Gasteiger partial charge in [-0.05, 0) is 55.8 Å². The fourth-order valence-electron chi connectivity index (χ4n) is 2.64. The van der Waals surface area contributed by atoms with Crippen LogP contribution >= 0.6 is 0 Å². The van der Waals surface area contributed by atoms with Crippen LogP contribution in [0.15, 0.2) is 66.7 Å². The van der Waals surface area contributed by atoms with Crippen molar-refractivity contribution < 1.29 is 14.3 Å². The Bertz CT molecular complexity index is 1000. The van der Waals surface area contributed by atoms with E-state index in [1.54, 1.807) is 42.5 Å². The summed E-state index contributed by atoms with van der Waals surface area (Å²) in [6, 6.07) is 19.4. The van der Waals surface area contributed by atoms with Crippen molar-refractivity contribution in [2.24, 2.45) is 0 Å². The molecule has 0 aliphatic carbocycles. The van der Waals surface area contributed by atoms with Gasteiger partial charge in [0.2, 0.25) is 0 Å². The van der Waals surface area contributed by atoms with E-state index < -0.39 is 5.91 Å². The minimum atomic E-state index is -0.419. The topological polar surface area (TPSA) is 80.3 Å². The van der Waals surface area contributed by atoms with Gasteiger partial charge in [-0.15, -0.1) is 0 Å². The summed E-state index contributed by atoms with van der Waals surface area (Å²) >= 11 is 0. The van der Waals surface area contributed by atoms with Crippen molar-refractivity contribution in [2.45, 2.75) is 13.8 Å². The first-order chi connectivity index (χ1) is 13.6. The van der Waals surface area contributed by atoms with Crippen LogP contribution in [0.4, 0.5) is 11.4 Å². The van der Waals surface area contributed by atoms with E-state index in [0.29, 0.717) is 23.7 Å². The lowest BCUT2D eigenvalue weighted by molar-refractivity contribution is 0.101. The highest BCUT2D eigenvalue weighted by atomic mass is 16.5. The molecule has 3 rings (SSSR count). The number of rotatable bonds is 6. The Kier molecular flexibility index (Phi) is 6.01. The minimum Gasteiger partial charge on any atom is -0.492 e. The van der Waals surface area contributed by atoms with Crippen LogP contribution in [0.1, 0.15) is 33.5 Å². The Morgan fingerprint density at radius 3 is 2.29 bits per heavy atom. The van der Waals surface area contributed by atoms with Gasteiger partial charge in [0.05, 0.1) is 12.3 Å². The van der Waals surface area contributed by atoms with Gasteiger partial charge in [0.25, 0.3) is 11.8 Å². The van der Waals surface area contributed by atoms with Crippen LogP contribution in [-0.2, 0) is 0 Å². The fourth-order valence-corrected chi connectivity index (χ4v) is 2.64. The number of aryl methyl sites for hydroxylation is 1. The summed E-state index contributed by atoms with van der Waals surface area (Å²) in [6.07, 6.45) is 0. The number of nitrogens with one attached hydrogen (secondary N) is 2.